The van der Waals surface area contributed by atoms with Gasteiger partial charge in [-0.3, -0.25) is 9.97 Å². The molecule has 210 valence electrons. The SMILES string of the molecule is c1cc2c3c(c1)Oc1cc(-c4ccc(-c5ccncc5)cc4)ccc1B3c1ccc(-c3ccc(-c4ccncc4)cc3)cc1O2. The van der Waals surface area contributed by atoms with E-state index in [0.717, 1.165) is 72.8 Å². The topological polar surface area (TPSA) is 44.2 Å². The molecule has 0 N–H and O–H groups in total. The van der Waals surface area contributed by atoms with Crippen LogP contribution >= 0.6 is 0 Å². The molecule has 0 saturated carbocycles. The maximum Gasteiger partial charge on any atom is 0.260 e. The minimum Gasteiger partial charge on any atom is -0.458 e. The summed E-state index contributed by atoms with van der Waals surface area (Å²) >= 11 is 0. The highest BCUT2D eigenvalue weighted by atomic mass is 16.5. The summed E-state index contributed by atoms with van der Waals surface area (Å²) in [6.45, 7) is 0.0231. The van der Waals surface area contributed by atoms with Crippen molar-refractivity contribution in [1.29, 1.82) is 0 Å². The Morgan fingerprint density at radius 3 is 1.13 bits per heavy atom. The third-order valence-corrected chi connectivity index (χ3v) is 8.87. The number of fused-ring (bicyclic) bond motifs is 4. The second kappa shape index (κ2) is 10.4. The van der Waals surface area contributed by atoms with Gasteiger partial charge in [0.1, 0.15) is 23.0 Å². The molecule has 0 bridgehead atoms. The Bertz CT molecular complexity index is 2050. The first-order chi connectivity index (χ1) is 22.3. The summed E-state index contributed by atoms with van der Waals surface area (Å²) in [5.41, 5.74) is 12.5. The molecule has 45 heavy (non-hydrogen) atoms. The van der Waals surface area contributed by atoms with E-state index in [9.17, 15) is 0 Å². The van der Waals surface area contributed by atoms with Crippen LogP contribution in [0, 0.1) is 0 Å². The molecule has 9 rings (SSSR count). The highest BCUT2D eigenvalue weighted by molar-refractivity contribution is 6.98. The second-order valence-corrected chi connectivity index (χ2v) is 11.4. The Balaban J connectivity index is 1.07. The third-order valence-electron chi connectivity index (χ3n) is 8.87. The Labute approximate surface area is 261 Å². The molecule has 7 aromatic rings. The number of hydrogen-bond donors (Lipinski definition) is 0. The summed E-state index contributed by atoms with van der Waals surface area (Å²) in [6.07, 6.45) is 7.29. The fourth-order valence-electron chi connectivity index (χ4n) is 6.58. The molecule has 5 heteroatoms. The van der Waals surface area contributed by atoms with Gasteiger partial charge in [-0.2, -0.15) is 0 Å². The molecule has 0 saturated heterocycles. The number of ether oxygens (including phenoxy) is 2. The van der Waals surface area contributed by atoms with Gasteiger partial charge in [0, 0.05) is 30.3 Å². The Kier molecular flexibility index (Phi) is 5.88. The van der Waals surface area contributed by atoms with E-state index in [-0.39, 0.29) is 6.71 Å². The van der Waals surface area contributed by atoms with Crippen LogP contribution in [-0.4, -0.2) is 16.7 Å². The Morgan fingerprint density at radius 2 is 0.711 bits per heavy atom. The van der Waals surface area contributed by atoms with E-state index < -0.39 is 0 Å². The standard InChI is InChI=1S/C40H25BN2O2/c1-2-36-40-37(3-1)45-39-25-33(29-10-6-27(7-11-29)31-18-22-43-23-19-31)13-15-35(39)41(40)34-14-12-32(24-38(34)44-36)28-8-4-26(5-9-28)30-16-20-42-21-17-30/h1-25H. The minimum atomic E-state index is 0.0231. The van der Waals surface area contributed by atoms with Crippen molar-refractivity contribution in [3.63, 3.8) is 0 Å². The molecule has 0 amide bonds. The first-order valence-electron chi connectivity index (χ1n) is 15.1. The smallest absolute Gasteiger partial charge is 0.260 e. The van der Waals surface area contributed by atoms with Crippen LogP contribution in [0.3, 0.4) is 0 Å². The van der Waals surface area contributed by atoms with Crippen molar-refractivity contribution in [2.45, 2.75) is 0 Å². The monoisotopic (exact) mass is 576 g/mol. The first-order valence-corrected chi connectivity index (χ1v) is 15.1. The highest BCUT2D eigenvalue weighted by Crippen LogP contribution is 2.37. The van der Waals surface area contributed by atoms with Gasteiger partial charge in [0.15, 0.2) is 0 Å². The molecular weight excluding hydrogens is 551 g/mol. The van der Waals surface area contributed by atoms with E-state index in [0.29, 0.717) is 0 Å². The predicted octanol–water partition coefficient (Wildman–Crippen LogP) is 7.87. The van der Waals surface area contributed by atoms with E-state index in [1.54, 1.807) is 0 Å². The lowest BCUT2D eigenvalue weighted by Gasteiger charge is -2.33. The van der Waals surface area contributed by atoms with Crippen molar-refractivity contribution in [2.24, 2.45) is 0 Å². The molecule has 2 aliphatic rings. The number of nitrogens with zero attached hydrogens (tertiary/aromatic N) is 2. The molecule has 2 aliphatic heterocycles. The average molecular weight is 576 g/mol. The van der Waals surface area contributed by atoms with Gasteiger partial charge in [0.2, 0.25) is 0 Å². The highest BCUT2D eigenvalue weighted by Gasteiger charge is 2.40. The van der Waals surface area contributed by atoms with Gasteiger partial charge in [-0.15, -0.1) is 0 Å². The minimum absolute atomic E-state index is 0.0231. The lowest BCUT2D eigenvalue weighted by atomic mass is 9.35. The largest absolute Gasteiger partial charge is 0.458 e. The van der Waals surface area contributed by atoms with Gasteiger partial charge in [0.25, 0.3) is 6.71 Å². The van der Waals surface area contributed by atoms with Crippen LogP contribution in [0.4, 0.5) is 0 Å². The lowest BCUT2D eigenvalue weighted by molar-refractivity contribution is 0.464. The molecular formula is C40H25BN2O2. The van der Waals surface area contributed by atoms with Crippen molar-refractivity contribution in [1.82, 2.24) is 9.97 Å². The van der Waals surface area contributed by atoms with E-state index in [2.05, 4.69) is 94.9 Å². The van der Waals surface area contributed by atoms with Gasteiger partial charge >= 0.3 is 0 Å². The van der Waals surface area contributed by atoms with E-state index in [1.165, 1.54) is 11.1 Å². The molecule has 5 aromatic carbocycles. The quantitative estimate of drug-likeness (QED) is 0.200. The van der Waals surface area contributed by atoms with Crippen LogP contribution in [-0.2, 0) is 0 Å². The molecule has 4 heterocycles. The van der Waals surface area contributed by atoms with Crippen molar-refractivity contribution < 1.29 is 9.47 Å². The number of aromatic nitrogens is 2. The first kappa shape index (κ1) is 25.6. The summed E-state index contributed by atoms with van der Waals surface area (Å²) in [6, 6.07) is 44.7. The van der Waals surface area contributed by atoms with Gasteiger partial charge in [-0.05, 0) is 104 Å². The van der Waals surface area contributed by atoms with Gasteiger partial charge in [-0.25, -0.2) is 0 Å². The third kappa shape index (κ3) is 4.40. The summed E-state index contributed by atoms with van der Waals surface area (Å²) in [7, 11) is 0. The van der Waals surface area contributed by atoms with Crippen LogP contribution in [0.1, 0.15) is 0 Å². The zero-order valence-corrected chi connectivity index (χ0v) is 24.2. The van der Waals surface area contributed by atoms with E-state index in [4.69, 9.17) is 9.47 Å². The maximum absolute atomic E-state index is 6.54. The molecule has 4 nitrogen and oxygen atoms in total. The molecule has 0 fully saturated rings. The van der Waals surface area contributed by atoms with Crippen molar-refractivity contribution in [3.05, 3.63) is 152 Å². The van der Waals surface area contributed by atoms with Crippen LogP contribution in [0.15, 0.2) is 152 Å². The van der Waals surface area contributed by atoms with Crippen LogP contribution in [0.25, 0.3) is 44.5 Å². The van der Waals surface area contributed by atoms with Crippen LogP contribution in [0.5, 0.6) is 23.0 Å². The molecule has 0 radical (unpaired) electrons. The number of hydrogen-bond acceptors (Lipinski definition) is 4. The van der Waals surface area contributed by atoms with Crippen molar-refractivity contribution >= 4 is 23.1 Å². The summed E-state index contributed by atoms with van der Waals surface area (Å²) in [4.78, 5) is 8.27. The molecule has 0 aliphatic carbocycles. The zero-order valence-electron chi connectivity index (χ0n) is 24.2. The summed E-state index contributed by atoms with van der Waals surface area (Å²) in [5.74, 6) is 3.45. The number of rotatable bonds is 4. The van der Waals surface area contributed by atoms with E-state index >= 15 is 0 Å². The Hall–Kier alpha value is -5.94. The molecule has 0 spiro atoms. The van der Waals surface area contributed by atoms with Gasteiger partial charge in [0.05, 0.1) is 0 Å². The van der Waals surface area contributed by atoms with Crippen LogP contribution in [0.2, 0.25) is 0 Å². The fraction of sp³-hybridized carbons (Fsp3) is 0. The normalized spacial score (nSPS) is 12.3. The predicted molar refractivity (Wildman–Crippen MR) is 181 cm³/mol. The Morgan fingerprint density at radius 1 is 0.356 bits per heavy atom. The van der Waals surface area contributed by atoms with Crippen molar-refractivity contribution in [2.75, 3.05) is 0 Å². The number of benzene rings is 5. The molecule has 0 unspecified atom stereocenters. The maximum atomic E-state index is 6.54. The van der Waals surface area contributed by atoms with E-state index in [1.807, 2.05) is 67.3 Å². The fourth-order valence-corrected chi connectivity index (χ4v) is 6.58. The van der Waals surface area contributed by atoms with Crippen LogP contribution < -0.4 is 25.9 Å². The van der Waals surface area contributed by atoms with Gasteiger partial charge in [-0.1, -0.05) is 78.9 Å². The average Bonchev–Trinajstić information content (AvgIpc) is 3.12. The van der Waals surface area contributed by atoms with Gasteiger partial charge < -0.3 is 9.47 Å². The zero-order chi connectivity index (χ0) is 29.7. The summed E-state index contributed by atoms with van der Waals surface area (Å²) < 4.78 is 13.1. The second-order valence-electron chi connectivity index (χ2n) is 11.4. The summed E-state index contributed by atoms with van der Waals surface area (Å²) in [5, 5.41) is 0. The molecule has 2 aromatic heterocycles. The van der Waals surface area contributed by atoms with Crippen molar-refractivity contribution in [3.8, 4) is 67.5 Å². The number of pyridine rings is 2. The molecule has 0 atom stereocenters. The lowest BCUT2D eigenvalue weighted by Crippen LogP contribution is -2.57.